The number of carboxylic acid groups (broad SMARTS) is 1. The summed E-state index contributed by atoms with van der Waals surface area (Å²) < 4.78 is 4.47. The van der Waals surface area contributed by atoms with Gasteiger partial charge in [-0.2, -0.15) is 4.98 Å². The Kier molecular flexibility index (Phi) is 2.51. The van der Waals surface area contributed by atoms with Gasteiger partial charge in [-0.3, -0.25) is 0 Å². The molecule has 1 aliphatic rings. The summed E-state index contributed by atoms with van der Waals surface area (Å²) in [5, 5.41) is 13.8. The van der Waals surface area contributed by atoms with Crippen molar-refractivity contribution in [1.82, 2.24) is 10.1 Å². The molecule has 1 aromatic heterocycles. The van der Waals surface area contributed by atoms with Gasteiger partial charge < -0.3 is 14.4 Å². The minimum absolute atomic E-state index is 0. The third-order valence-electron chi connectivity index (χ3n) is 2.14. The average Bonchev–Trinajstić information content (AvgIpc) is 2.61. The van der Waals surface area contributed by atoms with Crippen molar-refractivity contribution in [1.29, 1.82) is 0 Å². The summed E-state index contributed by atoms with van der Waals surface area (Å²) >= 11 is 0. The number of aromatic nitrogens is 2. The zero-order valence-electron chi connectivity index (χ0n) is 7.53. The van der Waals surface area contributed by atoms with Crippen molar-refractivity contribution in [2.24, 2.45) is 0 Å². The molecule has 0 N–H and O–H groups in total. The number of hydrogen-bond acceptors (Lipinski definition) is 5. The van der Waals surface area contributed by atoms with Gasteiger partial charge in [0.2, 0.25) is 0 Å². The maximum atomic E-state index is 10.3. The van der Waals surface area contributed by atoms with E-state index in [0.717, 1.165) is 12.8 Å². The Hall–Kier alpha value is -0.793. The van der Waals surface area contributed by atoms with Crippen molar-refractivity contribution >= 4 is 5.97 Å². The zero-order valence-corrected chi connectivity index (χ0v) is 7.53. The van der Waals surface area contributed by atoms with Crippen LogP contribution in [0, 0.1) is 0 Å². The van der Waals surface area contributed by atoms with E-state index in [1.54, 1.807) is 0 Å². The first-order valence-electron chi connectivity index (χ1n) is 3.67. The number of hydrogen-bond donors (Lipinski definition) is 0. The second kappa shape index (κ2) is 3.17. The quantitative estimate of drug-likeness (QED) is 0.434. The summed E-state index contributed by atoms with van der Waals surface area (Å²) in [5.41, 5.74) is -0.0583. The monoisotopic (exact) mass is 174 g/mol. The van der Waals surface area contributed by atoms with Gasteiger partial charge in [-0.15, -0.1) is 0 Å². The fourth-order valence-electron chi connectivity index (χ4n) is 0.963. The molecule has 0 saturated heterocycles. The van der Waals surface area contributed by atoms with E-state index in [4.69, 9.17) is 0 Å². The van der Waals surface area contributed by atoms with Crippen molar-refractivity contribution in [3.63, 3.8) is 0 Å². The van der Waals surface area contributed by atoms with E-state index in [2.05, 4.69) is 14.7 Å². The molecule has 0 spiro atoms. The van der Waals surface area contributed by atoms with E-state index >= 15 is 0 Å². The molecule has 0 atom stereocenters. The normalized spacial score (nSPS) is 17.6. The molecule has 0 radical (unpaired) electrons. The van der Waals surface area contributed by atoms with Crippen molar-refractivity contribution in [3.8, 4) is 0 Å². The Morgan fingerprint density at radius 3 is 2.62 bits per heavy atom. The molecule has 13 heavy (non-hydrogen) atoms. The fraction of sp³-hybridized carbons (Fsp3) is 0.571. The molecule has 1 aromatic rings. The number of carbonyl (C=O) groups excluding carboxylic acids is 1. The first-order chi connectivity index (χ1) is 5.62. The molecule has 6 heteroatoms. The van der Waals surface area contributed by atoms with Gasteiger partial charge >= 0.3 is 18.9 Å². The minimum Gasteiger partial charge on any atom is -0.540 e. The van der Waals surface area contributed by atoms with E-state index in [9.17, 15) is 9.90 Å². The molecule has 0 amide bonds. The average molecular weight is 174 g/mol. The van der Waals surface area contributed by atoms with Crippen molar-refractivity contribution in [2.45, 2.75) is 25.2 Å². The van der Waals surface area contributed by atoms with Gasteiger partial charge in [0.05, 0.1) is 0 Å². The molecule has 0 unspecified atom stereocenters. The maximum absolute atomic E-state index is 10.3. The molecule has 0 aromatic carbocycles. The Morgan fingerprint density at radius 1 is 1.62 bits per heavy atom. The van der Waals surface area contributed by atoms with Crippen LogP contribution in [0.3, 0.4) is 0 Å². The molecular formula is C7H7LiN2O3. The van der Waals surface area contributed by atoms with Gasteiger partial charge in [0, 0.05) is 5.41 Å². The molecule has 64 valence electrons. The van der Waals surface area contributed by atoms with Gasteiger partial charge in [-0.05, 0) is 12.8 Å². The predicted octanol–water partition coefficient (Wildman–Crippen LogP) is -3.51. The molecule has 1 heterocycles. The van der Waals surface area contributed by atoms with Crippen LogP contribution < -0.4 is 24.0 Å². The third-order valence-corrected chi connectivity index (χ3v) is 2.14. The summed E-state index contributed by atoms with van der Waals surface area (Å²) in [7, 11) is 0. The fourth-order valence-corrected chi connectivity index (χ4v) is 0.963. The topological polar surface area (TPSA) is 79.0 Å². The largest absolute Gasteiger partial charge is 1.00 e. The number of nitrogens with zero attached hydrogens (tertiary/aromatic N) is 2. The summed E-state index contributed by atoms with van der Waals surface area (Å²) in [5.74, 6) is -1.38. The molecule has 5 nitrogen and oxygen atoms in total. The second-order valence-electron chi connectivity index (χ2n) is 3.27. The molecule has 1 saturated carbocycles. The molecular weight excluding hydrogens is 167 g/mol. The SMILES string of the molecule is CC1(c2noc(C(=O)[O-])n2)CC1.[Li+]. The van der Waals surface area contributed by atoms with Crippen LogP contribution >= 0.6 is 0 Å². The van der Waals surface area contributed by atoms with Gasteiger partial charge in [-0.1, -0.05) is 12.1 Å². The van der Waals surface area contributed by atoms with E-state index < -0.39 is 11.9 Å². The van der Waals surface area contributed by atoms with Gasteiger partial charge in [-0.25, -0.2) is 0 Å². The molecule has 1 fully saturated rings. The Morgan fingerprint density at radius 2 is 2.23 bits per heavy atom. The van der Waals surface area contributed by atoms with Gasteiger partial charge in [0.25, 0.3) is 5.89 Å². The summed E-state index contributed by atoms with van der Waals surface area (Å²) in [6.45, 7) is 1.97. The van der Waals surface area contributed by atoms with Crippen molar-refractivity contribution in [2.75, 3.05) is 0 Å². The standard InChI is InChI=1S/C7H8N2O3.Li/c1-7(2-3-7)6-8-4(5(10)11)12-9-6;/h2-3H2,1H3,(H,10,11);/q;+1/p-1. The van der Waals surface area contributed by atoms with Crippen LogP contribution in [0.15, 0.2) is 4.52 Å². The molecule has 2 rings (SSSR count). The molecule has 0 bridgehead atoms. The van der Waals surface area contributed by atoms with Gasteiger partial charge in [0.1, 0.15) is 5.97 Å². The molecule has 0 aliphatic heterocycles. The van der Waals surface area contributed by atoms with Crippen LogP contribution in [0.5, 0.6) is 0 Å². The number of carboxylic acids is 1. The number of aromatic carboxylic acids is 1. The van der Waals surface area contributed by atoms with Crippen molar-refractivity contribution in [3.05, 3.63) is 11.7 Å². The van der Waals surface area contributed by atoms with E-state index in [1.807, 2.05) is 6.92 Å². The second-order valence-corrected chi connectivity index (χ2v) is 3.27. The predicted molar refractivity (Wildman–Crippen MR) is 35.2 cm³/mol. The van der Waals surface area contributed by atoms with Crippen LogP contribution in [-0.2, 0) is 5.41 Å². The van der Waals surface area contributed by atoms with Crippen LogP contribution in [0.4, 0.5) is 0 Å². The van der Waals surface area contributed by atoms with Crippen LogP contribution in [0.1, 0.15) is 36.3 Å². The maximum Gasteiger partial charge on any atom is 1.00 e. The first-order valence-corrected chi connectivity index (χ1v) is 3.67. The van der Waals surface area contributed by atoms with Gasteiger partial charge in [0.15, 0.2) is 5.82 Å². The van der Waals surface area contributed by atoms with Crippen LogP contribution in [0.25, 0.3) is 0 Å². The zero-order chi connectivity index (χ0) is 8.77. The summed E-state index contributed by atoms with van der Waals surface area (Å²) in [6.07, 6.45) is 1.97. The third kappa shape index (κ3) is 1.76. The number of rotatable bonds is 2. The van der Waals surface area contributed by atoms with E-state index in [0.29, 0.717) is 5.82 Å². The Balaban J connectivity index is 0.000000845. The van der Waals surface area contributed by atoms with Crippen LogP contribution in [0.2, 0.25) is 0 Å². The number of carbonyl (C=O) groups is 1. The van der Waals surface area contributed by atoms with E-state index in [-0.39, 0.29) is 24.3 Å². The summed E-state index contributed by atoms with van der Waals surface area (Å²) in [4.78, 5) is 14.0. The smallest absolute Gasteiger partial charge is 0.540 e. The van der Waals surface area contributed by atoms with Crippen LogP contribution in [-0.4, -0.2) is 16.1 Å². The molecule has 1 aliphatic carbocycles. The minimum atomic E-state index is -1.42. The Bertz CT molecular complexity index is 332. The first kappa shape index (κ1) is 10.3. The Labute approximate surface area is 86.7 Å². The van der Waals surface area contributed by atoms with E-state index in [1.165, 1.54) is 0 Å². The summed E-state index contributed by atoms with van der Waals surface area (Å²) in [6, 6.07) is 0. The van der Waals surface area contributed by atoms with Crippen molar-refractivity contribution < 1.29 is 33.3 Å².